The molecule has 0 unspecified atom stereocenters. The Kier molecular flexibility index (Phi) is 6.71. The van der Waals surface area contributed by atoms with Gasteiger partial charge in [0.1, 0.15) is 6.61 Å². The molecule has 1 amide bonds. The Hall–Kier alpha value is -2.53. The summed E-state index contributed by atoms with van der Waals surface area (Å²) in [6.45, 7) is 6.91. The van der Waals surface area contributed by atoms with Crippen molar-refractivity contribution in [3.63, 3.8) is 0 Å². The van der Waals surface area contributed by atoms with E-state index < -0.39 is 0 Å². The zero-order valence-electron chi connectivity index (χ0n) is 16.1. The maximum absolute atomic E-state index is 12.5. The van der Waals surface area contributed by atoms with E-state index in [1.807, 2.05) is 55.1 Å². The largest absolute Gasteiger partial charge is 0.490 e. The Balaban J connectivity index is 1.61. The summed E-state index contributed by atoms with van der Waals surface area (Å²) in [7, 11) is 0. The third-order valence-corrected chi connectivity index (χ3v) is 4.57. The van der Waals surface area contributed by atoms with Crippen molar-refractivity contribution in [1.82, 2.24) is 4.90 Å². The Labute approximate surface area is 160 Å². The van der Waals surface area contributed by atoms with E-state index in [0.717, 1.165) is 29.0 Å². The Morgan fingerprint density at radius 1 is 1.00 bits per heavy atom. The van der Waals surface area contributed by atoms with Gasteiger partial charge in [-0.25, -0.2) is 0 Å². The van der Waals surface area contributed by atoms with Gasteiger partial charge in [-0.3, -0.25) is 4.79 Å². The number of ether oxygens (including phenoxy) is 3. The van der Waals surface area contributed by atoms with Crippen LogP contribution in [0.25, 0.3) is 0 Å². The van der Waals surface area contributed by atoms with Crippen molar-refractivity contribution in [1.29, 1.82) is 0 Å². The van der Waals surface area contributed by atoms with Gasteiger partial charge in [-0.1, -0.05) is 30.3 Å². The molecule has 1 aliphatic heterocycles. The third-order valence-electron chi connectivity index (χ3n) is 4.57. The fourth-order valence-electron chi connectivity index (χ4n) is 3.24. The molecule has 27 heavy (non-hydrogen) atoms. The molecule has 2 aromatic carbocycles. The molecule has 3 rings (SSSR count). The molecule has 5 heteroatoms. The molecule has 0 saturated heterocycles. The summed E-state index contributed by atoms with van der Waals surface area (Å²) in [6.07, 6.45) is 0.812. The maximum atomic E-state index is 12.5. The predicted molar refractivity (Wildman–Crippen MR) is 104 cm³/mol. The molecule has 0 aromatic heterocycles. The number of carbonyl (C=O) groups excluding carboxylic acids is 1. The highest BCUT2D eigenvalue weighted by Gasteiger charge is 2.23. The molecule has 0 N–H and O–H groups in total. The lowest BCUT2D eigenvalue weighted by molar-refractivity contribution is -0.137. The van der Waals surface area contributed by atoms with Crippen molar-refractivity contribution in [3.8, 4) is 11.5 Å². The molecular formula is C22H27NO4. The van der Waals surface area contributed by atoms with E-state index in [2.05, 4.69) is 6.07 Å². The highest BCUT2D eigenvalue weighted by atomic mass is 16.5. The molecule has 2 aromatic rings. The standard InChI is InChI=1S/C22H27NO4/c1-3-26-20-12-18-10-11-23(14-19(18)13-21(20)27-4-2)22(24)16-25-15-17-8-6-5-7-9-17/h5-9,12-13H,3-4,10-11,14-16H2,1-2H3. The molecule has 0 fully saturated rings. The summed E-state index contributed by atoms with van der Waals surface area (Å²) < 4.78 is 17.0. The van der Waals surface area contributed by atoms with E-state index in [1.54, 1.807) is 0 Å². The quantitative estimate of drug-likeness (QED) is 0.714. The molecule has 1 aliphatic rings. The number of nitrogens with zero attached hydrogens (tertiary/aromatic N) is 1. The molecule has 0 bridgehead atoms. The van der Waals surface area contributed by atoms with Crippen molar-refractivity contribution in [3.05, 3.63) is 59.2 Å². The number of rotatable bonds is 8. The van der Waals surface area contributed by atoms with Gasteiger partial charge in [-0.15, -0.1) is 0 Å². The Morgan fingerprint density at radius 3 is 2.33 bits per heavy atom. The van der Waals surface area contributed by atoms with E-state index in [4.69, 9.17) is 14.2 Å². The molecular weight excluding hydrogens is 342 g/mol. The molecule has 0 saturated carbocycles. The van der Waals surface area contributed by atoms with E-state index in [0.29, 0.717) is 32.9 Å². The van der Waals surface area contributed by atoms with Crippen molar-refractivity contribution in [2.45, 2.75) is 33.4 Å². The van der Waals surface area contributed by atoms with Crippen LogP contribution < -0.4 is 9.47 Å². The molecule has 0 atom stereocenters. The highest BCUT2D eigenvalue weighted by Crippen LogP contribution is 2.33. The van der Waals surface area contributed by atoms with Gasteiger partial charge < -0.3 is 19.1 Å². The molecule has 0 radical (unpaired) electrons. The minimum Gasteiger partial charge on any atom is -0.490 e. The Morgan fingerprint density at radius 2 is 1.67 bits per heavy atom. The zero-order valence-corrected chi connectivity index (χ0v) is 16.1. The number of hydrogen-bond acceptors (Lipinski definition) is 4. The van der Waals surface area contributed by atoms with Crippen LogP contribution >= 0.6 is 0 Å². The first-order valence-electron chi connectivity index (χ1n) is 9.52. The van der Waals surface area contributed by atoms with Crippen LogP contribution in [0.15, 0.2) is 42.5 Å². The van der Waals surface area contributed by atoms with Gasteiger partial charge in [0.2, 0.25) is 5.91 Å². The Bertz CT molecular complexity index is 760. The monoisotopic (exact) mass is 369 g/mol. The van der Waals surface area contributed by atoms with Crippen LogP contribution in [0, 0.1) is 0 Å². The first kappa shape index (κ1) is 19.2. The number of fused-ring (bicyclic) bond motifs is 1. The normalized spacial score (nSPS) is 13.2. The zero-order chi connectivity index (χ0) is 19.1. The minimum absolute atomic E-state index is 0.0171. The smallest absolute Gasteiger partial charge is 0.248 e. The highest BCUT2D eigenvalue weighted by molar-refractivity contribution is 5.77. The second-order valence-corrected chi connectivity index (χ2v) is 6.48. The lowest BCUT2D eigenvalue weighted by atomic mass is 9.98. The van der Waals surface area contributed by atoms with E-state index >= 15 is 0 Å². The number of amides is 1. The molecule has 0 spiro atoms. The van der Waals surface area contributed by atoms with Crippen molar-refractivity contribution >= 4 is 5.91 Å². The summed E-state index contributed by atoms with van der Waals surface area (Å²) in [4.78, 5) is 14.4. The van der Waals surface area contributed by atoms with Crippen LogP contribution in [0.3, 0.4) is 0 Å². The van der Waals surface area contributed by atoms with Gasteiger partial charge >= 0.3 is 0 Å². The van der Waals surface area contributed by atoms with Crippen molar-refractivity contribution in [2.75, 3.05) is 26.4 Å². The van der Waals surface area contributed by atoms with Crippen LogP contribution in [0.2, 0.25) is 0 Å². The average Bonchev–Trinajstić information content (AvgIpc) is 2.69. The van der Waals surface area contributed by atoms with Gasteiger partial charge in [-0.2, -0.15) is 0 Å². The van der Waals surface area contributed by atoms with E-state index in [9.17, 15) is 4.79 Å². The fraction of sp³-hybridized carbons (Fsp3) is 0.409. The summed E-state index contributed by atoms with van der Waals surface area (Å²) in [5.74, 6) is 1.54. The van der Waals surface area contributed by atoms with Gasteiger partial charge in [-0.05, 0) is 49.1 Å². The van der Waals surface area contributed by atoms with Gasteiger partial charge in [0.05, 0.1) is 19.8 Å². The maximum Gasteiger partial charge on any atom is 0.248 e. The van der Waals surface area contributed by atoms with Gasteiger partial charge in [0, 0.05) is 13.1 Å². The summed E-state index contributed by atoms with van der Waals surface area (Å²) in [6, 6.07) is 13.9. The van der Waals surface area contributed by atoms with Crippen molar-refractivity contribution < 1.29 is 19.0 Å². The molecule has 144 valence electrons. The SMILES string of the molecule is CCOc1cc2c(cc1OCC)CN(C(=O)COCc1ccccc1)CC2. The van der Waals surface area contributed by atoms with Gasteiger partial charge in [0.15, 0.2) is 11.5 Å². The first-order valence-corrected chi connectivity index (χ1v) is 9.52. The summed E-state index contributed by atoms with van der Waals surface area (Å²) in [5, 5.41) is 0. The lowest BCUT2D eigenvalue weighted by Gasteiger charge is -2.29. The lowest BCUT2D eigenvalue weighted by Crippen LogP contribution is -2.38. The fourth-order valence-corrected chi connectivity index (χ4v) is 3.24. The van der Waals surface area contributed by atoms with E-state index in [1.165, 1.54) is 5.56 Å². The van der Waals surface area contributed by atoms with Crippen molar-refractivity contribution in [2.24, 2.45) is 0 Å². The first-order chi connectivity index (χ1) is 13.2. The van der Waals surface area contributed by atoms with E-state index in [-0.39, 0.29) is 12.5 Å². The summed E-state index contributed by atoms with van der Waals surface area (Å²) >= 11 is 0. The second kappa shape index (κ2) is 9.42. The van der Waals surface area contributed by atoms with Crippen LogP contribution in [0.4, 0.5) is 0 Å². The predicted octanol–water partition coefficient (Wildman–Crippen LogP) is 3.59. The van der Waals surface area contributed by atoms with Crippen LogP contribution in [0.1, 0.15) is 30.5 Å². The number of benzene rings is 2. The second-order valence-electron chi connectivity index (χ2n) is 6.48. The summed E-state index contributed by atoms with van der Waals surface area (Å²) in [5.41, 5.74) is 3.40. The van der Waals surface area contributed by atoms with Gasteiger partial charge in [0.25, 0.3) is 0 Å². The van der Waals surface area contributed by atoms with Crippen LogP contribution in [-0.4, -0.2) is 37.2 Å². The topological polar surface area (TPSA) is 48.0 Å². The molecule has 1 heterocycles. The minimum atomic E-state index is 0.0171. The number of carbonyl (C=O) groups is 1. The third kappa shape index (κ3) is 5.01. The molecule has 0 aliphatic carbocycles. The van der Waals surface area contributed by atoms with Crippen LogP contribution in [0.5, 0.6) is 11.5 Å². The van der Waals surface area contributed by atoms with Crippen LogP contribution in [-0.2, 0) is 29.1 Å². The average molecular weight is 369 g/mol. The molecule has 5 nitrogen and oxygen atoms in total. The number of hydrogen-bond donors (Lipinski definition) is 0.